The second-order valence-electron chi connectivity index (χ2n) is 7.73. The molecule has 0 bridgehead atoms. The fourth-order valence-corrected chi connectivity index (χ4v) is 4.12. The van der Waals surface area contributed by atoms with E-state index in [0.29, 0.717) is 29.8 Å². The Hall–Kier alpha value is -3.24. The third-order valence-corrected chi connectivity index (χ3v) is 5.85. The van der Waals surface area contributed by atoms with Crippen molar-refractivity contribution in [3.8, 4) is 0 Å². The lowest BCUT2D eigenvalue weighted by atomic mass is 9.87. The quantitative estimate of drug-likeness (QED) is 0.643. The molecule has 30 heavy (non-hydrogen) atoms. The van der Waals surface area contributed by atoms with Gasteiger partial charge in [0.2, 0.25) is 0 Å². The molecule has 1 N–H and O–H groups in total. The molecule has 0 saturated carbocycles. The molecule has 1 aliphatic heterocycles. The summed E-state index contributed by atoms with van der Waals surface area (Å²) < 4.78 is 0. The normalized spacial score (nSPS) is 15.6. The van der Waals surface area contributed by atoms with E-state index in [9.17, 15) is 14.7 Å². The van der Waals surface area contributed by atoms with Crippen molar-refractivity contribution in [3.05, 3.63) is 107 Å². The third-order valence-electron chi connectivity index (χ3n) is 5.85. The summed E-state index contributed by atoms with van der Waals surface area (Å²) >= 11 is 0. The third kappa shape index (κ3) is 4.19. The molecule has 1 amide bonds. The van der Waals surface area contributed by atoms with Crippen molar-refractivity contribution in [2.24, 2.45) is 5.92 Å². The van der Waals surface area contributed by atoms with E-state index in [1.165, 1.54) is 0 Å². The van der Waals surface area contributed by atoms with Crippen LogP contribution in [0.1, 0.15) is 50.8 Å². The summed E-state index contributed by atoms with van der Waals surface area (Å²) in [5.74, 6) is -0.144. The van der Waals surface area contributed by atoms with Crippen LogP contribution >= 0.6 is 0 Å². The number of benzene rings is 3. The molecule has 3 aromatic carbocycles. The fraction of sp³-hybridized carbons (Fsp3) is 0.231. The van der Waals surface area contributed by atoms with E-state index in [-0.39, 0.29) is 17.6 Å². The summed E-state index contributed by atoms with van der Waals surface area (Å²) in [7, 11) is 0. The molecule has 4 nitrogen and oxygen atoms in total. The van der Waals surface area contributed by atoms with E-state index in [0.717, 1.165) is 18.4 Å². The largest absolute Gasteiger partial charge is 0.388 e. The highest BCUT2D eigenvalue weighted by Gasteiger charge is 2.30. The van der Waals surface area contributed by atoms with Gasteiger partial charge >= 0.3 is 0 Å². The van der Waals surface area contributed by atoms with E-state index < -0.39 is 6.10 Å². The Balaban J connectivity index is 1.47. The van der Waals surface area contributed by atoms with Crippen molar-refractivity contribution < 1.29 is 14.7 Å². The van der Waals surface area contributed by atoms with Crippen LogP contribution in [0.2, 0.25) is 0 Å². The highest BCUT2D eigenvalue weighted by Crippen LogP contribution is 2.31. The van der Waals surface area contributed by atoms with Crippen molar-refractivity contribution in [2.75, 3.05) is 13.1 Å². The summed E-state index contributed by atoms with van der Waals surface area (Å²) in [6.07, 6.45) is 0.947. The molecule has 3 aromatic rings. The number of ketones is 1. The molecular formula is C26H25NO3. The molecule has 0 spiro atoms. The Morgan fingerprint density at radius 1 is 0.767 bits per heavy atom. The fourth-order valence-electron chi connectivity index (χ4n) is 4.12. The SMILES string of the molecule is O=C(c1ccccc1)c1ccccc1C(=O)N1CCC([C@@H](O)c2ccccc2)CC1. The lowest BCUT2D eigenvalue weighted by molar-refractivity contribution is 0.0461. The van der Waals surface area contributed by atoms with Crippen molar-refractivity contribution in [1.29, 1.82) is 0 Å². The average molecular weight is 399 g/mol. The van der Waals surface area contributed by atoms with Crippen LogP contribution in [0.15, 0.2) is 84.9 Å². The first-order valence-corrected chi connectivity index (χ1v) is 10.4. The second kappa shape index (κ2) is 9.06. The minimum absolute atomic E-state index is 0.123. The molecule has 1 aliphatic rings. The predicted molar refractivity (Wildman–Crippen MR) is 116 cm³/mol. The number of piperidine rings is 1. The molecule has 0 radical (unpaired) electrons. The molecular weight excluding hydrogens is 374 g/mol. The minimum Gasteiger partial charge on any atom is -0.388 e. The van der Waals surface area contributed by atoms with Gasteiger partial charge in [-0.1, -0.05) is 78.9 Å². The number of nitrogens with zero attached hydrogens (tertiary/aromatic N) is 1. The van der Waals surface area contributed by atoms with Gasteiger partial charge in [-0.25, -0.2) is 0 Å². The highest BCUT2D eigenvalue weighted by molar-refractivity contribution is 6.15. The first-order valence-electron chi connectivity index (χ1n) is 10.4. The molecule has 0 unspecified atom stereocenters. The molecule has 1 atom stereocenters. The van der Waals surface area contributed by atoms with E-state index in [4.69, 9.17) is 0 Å². The zero-order chi connectivity index (χ0) is 20.9. The van der Waals surface area contributed by atoms with Crippen LogP contribution in [0.4, 0.5) is 0 Å². The number of aliphatic hydroxyl groups is 1. The van der Waals surface area contributed by atoms with Gasteiger partial charge < -0.3 is 10.0 Å². The molecule has 1 saturated heterocycles. The van der Waals surface area contributed by atoms with Crippen LogP contribution in [0.5, 0.6) is 0 Å². The molecule has 0 aliphatic carbocycles. The number of rotatable bonds is 5. The molecule has 0 aromatic heterocycles. The van der Waals surface area contributed by atoms with Gasteiger partial charge in [0, 0.05) is 24.2 Å². The van der Waals surface area contributed by atoms with Gasteiger partial charge in [-0.15, -0.1) is 0 Å². The van der Waals surface area contributed by atoms with E-state index in [2.05, 4.69) is 0 Å². The summed E-state index contributed by atoms with van der Waals surface area (Å²) in [5.41, 5.74) is 2.36. The average Bonchev–Trinajstić information content (AvgIpc) is 2.84. The Morgan fingerprint density at radius 3 is 1.93 bits per heavy atom. The van der Waals surface area contributed by atoms with Crippen molar-refractivity contribution in [3.63, 3.8) is 0 Å². The monoisotopic (exact) mass is 399 g/mol. The lowest BCUT2D eigenvalue weighted by Gasteiger charge is -2.34. The van der Waals surface area contributed by atoms with Crippen molar-refractivity contribution in [1.82, 2.24) is 4.90 Å². The number of aliphatic hydroxyl groups excluding tert-OH is 1. The van der Waals surface area contributed by atoms with Gasteiger partial charge in [0.1, 0.15) is 0 Å². The van der Waals surface area contributed by atoms with Crippen LogP contribution < -0.4 is 0 Å². The van der Waals surface area contributed by atoms with E-state index in [1.54, 1.807) is 41.3 Å². The number of carbonyl (C=O) groups is 2. The van der Waals surface area contributed by atoms with Crippen LogP contribution in [0.3, 0.4) is 0 Å². The number of carbonyl (C=O) groups excluding carboxylic acids is 2. The van der Waals surface area contributed by atoms with Gasteiger partial charge in [0.15, 0.2) is 5.78 Å². The number of hydrogen-bond donors (Lipinski definition) is 1. The second-order valence-corrected chi connectivity index (χ2v) is 7.73. The smallest absolute Gasteiger partial charge is 0.254 e. The lowest BCUT2D eigenvalue weighted by Crippen LogP contribution is -2.40. The minimum atomic E-state index is -0.518. The molecule has 1 fully saturated rings. The first kappa shape index (κ1) is 20.0. The maximum Gasteiger partial charge on any atom is 0.254 e. The van der Waals surface area contributed by atoms with Crippen LogP contribution in [-0.4, -0.2) is 34.8 Å². The first-order chi connectivity index (χ1) is 14.6. The van der Waals surface area contributed by atoms with Crippen molar-refractivity contribution >= 4 is 11.7 Å². The van der Waals surface area contributed by atoms with Gasteiger partial charge in [0.25, 0.3) is 5.91 Å². The molecule has 4 heteroatoms. The van der Waals surface area contributed by atoms with Crippen LogP contribution in [-0.2, 0) is 0 Å². The predicted octanol–water partition coefficient (Wildman–Crippen LogP) is 4.50. The van der Waals surface area contributed by atoms with Gasteiger partial charge in [-0.3, -0.25) is 9.59 Å². The van der Waals surface area contributed by atoms with Gasteiger partial charge in [0.05, 0.1) is 11.7 Å². The maximum absolute atomic E-state index is 13.2. The zero-order valence-corrected chi connectivity index (χ0v) is 16.8. The summed E-state index contributed by atoms with van der Waals surface area (Å²) in [4.78, 5) is 28.0. The Morgan fingerprint density at radius 2 is 1.30 bits per heavy atom. The topological polar surface area (TPSA) is 57.6 Å². The standard InChI is InChI=1S/C26H25NO3/c28-24(19-9-3-1-4-10-19)21-15-17-27(18-16-21)26(30)23-14-8-7-13-22(23)25(29)20-11-5-2-6-12-20/h1-14,21,24,28H,15-18H2/t24-/m0/s1. The molecule has 152 valence electrons. The van der Waals surface area contributed by atoms with E-state index >= 15 is 0 Å². The molecule has 4 rings (SSSR count). The Bertz CT molecular complexity index is 1010. The summed E-state index contributed by atoms with van der Waals surface area (Å²) in [6.45, 7) is 1.14. The van der Waals surface area contributed by atoms with Crippen molar-refractivity contribution in [2.45, 2.75) is 18.9 Å². The summed E-state index contributed by atoms with van der Waals surface area (Å²) in [5, 5.41) is 10.7. The van der Waals surface area contributed by atoms with Crippen LogP contribution in [0, 0.1) is 5.92 Å². The number of amides is 1. The molecule has 1 heterocycles. The van der Waals surface area contributed by atoms with Gasteiger partial charge in [-0.05, 0) is 30.4 Å². The highest BCUT2D eigenvalue weighted by atomic mass is 16.3. The summed E-state index contributed by atoms with van der Waals surface area (Å²) in [6, 6.07) is 25.7. The van der Waals surface area contributed by atoms with Crippen LogP contribution in [0.25, 0.3) is 0 Å². The zero-order valence-electron chi connectivity index (χ0n) is 16.8. The van der Waals surface area contributed by atoms with Gasteiger partial charge in [-0.2, -0.15) is 0 Å². The van der Waals surface area contributed by atoms with E-state index in [1.807, 2.05) is 48.5 Å². The maximum atomic E-state index is 13.2. The Kier molecular flexibility index (Phi) is 6.05. The number of hydrogen-bond acceptors (Lipinski definition) is 3. The Labute approximate surface area is 176 Å². The number of likely N-dealkylation sites (tertiary alicyclic amines) is 1.